The monoisotopic (exact) mass is 428 g/mol. The van der Waals surface area contributed by atoms with Gasteiger partial charge >= 0.3 is 0 Å². The highest BCUT2D eigenvalue weighted by Crippen LogP contribution is 2.41. The summed E-state index contributed by atoms with van der Waals surface area (Å²) >= 11 is 0. The van der Waals surface area contributed by atoms with Gasteiger partial charge in [-0.05, 0) is 67.2 Å². The zero-order valence-corrected chi connectivity index (χ0v) is 17.2. The van der Waals surface area contributed by atoms with Crippen LogP contribution in [0.5, 0.6) is 0 Å². The molecule has 0 atom stereocenters. The molecule has 3 aromatic heterocycles. The number of aromatic nitrogens is 4. The van der Waals surface area contributed by atoms with Crippen LogP contribution in [0.15, 0.2) is 47.5 Å². The van der Waals surface area contributed by atoms with Crippen molar-refractivity contribution in [2.75, 3.05) is 18.8 Å². The Morgan fingerprint density at radius 3 is 2.75 bits per heavy atom. The number of hydrogen-bond donors (Lipinski definition) is 4. The predicted octanol–water partition coefficient (Wildman–Crippen LogP) is 3.81. The number of nitrogens with one attached hydrogen (secondary N) is 3. The van der Waals surface area contributed by atoms with Gasteiger partial charge in [0.2, 0.25) is 0 Å². The summed E-state index contributed by atoms with van der Waals surface area (Å²) in [6.07, 6.45) is 5.36. The summed E-state index contributed by atoms with van der Waals surface area (Å²) in [6, 6.07) is 8.99. The fourth-order valence-corrected chi connectivity index (χ4v) is 5.00. The molecule has 0 amide bonds. The number of piperidine rings is 1. The SMILES string of the molecule is Nc1c(-c2ccc(F)c3[nH]ncc23)c2cc(C3CCNCC3)c3ncccc3c2[nH]c1=O. The van der Waals surface area contributed by atoms with E-state index in [2.05, 4.69) is 31.5 Å². The number of anilines is 1. The van der Waals surface area contributed by atoms with Crippen molar-refractivity contribution in [2.45, 2.75) is 18.8 Å². The molecular formula is C24H21FN6O. The zero-order chi connectivity index (χ0) is 21.8. The zero-order valence-electron chi connectivity index (χ0n) is 17.2. The van der Waals surface area contributed by atoms with Gasteiger partial charge < -0.3 is 16.0 Å². The molecule has 5 aromatic rings. The lowest BCUT2D eigenvalue weighted by Gasteiger charge is -2.25. The molecule has 1 fully saturated rings. The smallest absolute Gasteiger partial charge is 0.272 e. The summed E-state index contributed by atoms with van der Waals surface area (Å²) in [5.74, 6) is -0.0553. The molecule has 0 unspecified atom stereocenters. The Balaban J connectivity index is 1.77. The highest BCUT2D eigenvalue weighted by atomic mass is 19.1. The summed E-state index contributed by atoms with van der Waals surface area (Å²) in [5.41, 5.74) is 10.4. The van der Waals surface area contributed by atoms with Gasteiger partial charge in [-0.25, -0.2) is 4.39 Å². The normalized spacial score (nSPS) is 15.2. The number of fused-ring (bicyclic) bond motifs is 4. The van der Waals surface area contributed by atoms with E-state index < -0.39 is 5.82 Å². The quantitative estimate of drug-likeness (QED) is 0.320. The van der Waals surface area contributed by atoms with E-state index in [-0.39, 0.29) is 16.8 Å². The minimum atomic E-state index is -0.404. The third kappa shape index (κ3) is 2.73. The van der Waals surface area contributed by atoms with E-state index in [1.165, 1.54) is 6.07 Å². The third-order valence-corrected chi connectivity index (χ3v) is 6.55. The maximum absolute atomic E-state index is 14.3. The van der Waals surface area contributed by atoms with Crippen molar-refractivity contribution in [3.05, 3.63) is 64.5 Å². The van der Waals surface area contributed by atoms with Crippen LogP contribution in [0.1, 0.15) is 24.3 Å². The molecule has 160 valence electrons. The van der Waals surface area contributed by atoms with Gasteiger partial charge in [0.05, 0.1) is 17.2 Å². The van der Waals surface area contributed by atoms with E-state index in [4.69, 9.17) is 5.73 Å². The van der Waals surface area contributed by atoms with Gasteiger partial charge in [0.25, 0.3) is 5.56 Å². The molecule has 0 radical (unpaired) electrons. The van der Waals surface area contributed by atoms with Crippen LogP contribution in [0.3, 0.4) is 0 Å². The van der Waals surface area contributed by atoms with E-state index in [1.54, 1.807) is 18.5 Å². The Hall–Kier alpha value is -3.78. The van der Waals surface area contributed by atoms with Gasteiger partial charge in [-0.3, -0.25) is 14.9 Å². The molecule has 2 aromatic carbocycles. The summed E-state index contributed by atoms with van der Waals surface area (Å²) in [6.45, 7) is 1.90. The lowest BCUT2D eigenvalue weighted by atomic mass is 9.86. The first-order valence-corrected chi connectivity index (χ1v) is 10.7. The number of nitrogen functional groups attached to an aromatic ring is 1. The number of H-pyrrole nitrogens is 2. The second-order valence-corrected chi connectivity index (χ2v) is 8.31. The number of benzene rings is 2. The number of hydrogen-bond acceptors (Lipinski definition) is 5. The average Bonchev–Trinajstić information content (AvgIpc) is 3.32. The van der Waals surface area contributed by atoms with Crippen molar-refractivity contribution < 1.29 is 4.39 Å². The van der Waals surface area contributed by atoms with Crippen LogP contribution >= 0.6 is 0 Å². The Bertz CT molecular complexity index is 1560. The molecule has 0 bridgehead atoms. The van der Waals surface area contributed by atoms with Gasteiger partial charge in [-0.2, -0.15) is 5.10 Å². The minimum Gasteiger partial charge on any atom is -0.394 e. The lowest BCUT2D eigenvalue weighted by molar-refractivity contribution is 0.462. The fraction of sp³-hybridized carbons (Fsp3) is 0.208. The van der Waals surface area contributed by atoms with Crippen LogP contribution in [0.4, 0.5) is 10.1 Å². The van der Waals surface area contributed by atoms with E-state index in [9.17, 15) is 9.18 Å². The molecule has 1 aliphatic heterocycles. The van der Waals surface area contributed by atoms with Crippen LogP contribution in [0.25, 0.3) is 43.8 Å². The largest absolute Gasteiger partial charge is 0.394 e. The molecule has 7 nitrogen and oxygen atoms in total. The number of halogens is 1. The minimum absolute atomic E-state index is 0.103. The number of pyridine rings is 2. The molecule has 4 heterocycles. The van der Waals surface area contributed by atoms with Gasteiger partial charge in [-0.1, -0.05) is 6.07 Å². The van der Waals surface area contributed by atoms with Crippen LogP contribution < -0.4 is 16.6 Å². The predicted molar refractivity (Wildman–Crippen MR) is 124 cm³/mol. The van der Waals surface area contributed by atoms with Crippen molar-refractivity contribution in [3.8, 4) is 11.1 Å². The molecule has 0 spiro atoms. The highest BCUT2D eigenvalue weighted by Gasteiger charge is 2.23. The van der Waals surface area contributed by atoms with Crippen LogP contribution in [0.2, 0.25) is 0 Å². The summed E-state index contributed by atoms with van der Waals surface area (Å²) in [5, 5.41) is 12.4. The molecule has 1 aliphatic rings. The second kappa shape index (κ2) is 7.13. The maximum atomic E-state index is 14.3. The van der Waals surface area contributed by atoms with E-state index in [0.717, 1.165) is 47.8 Å². The summed E-state index contributed by atoms with van der Waals surface area (Å²) in [7, 11) is 0. The number of rotatable bonds is 2. The second-order valence-electron chi connectivity index (χ2n) is 8.31. The lowest BCUT2D eigenvalue weighted by Crippen LogP contribution is -2.26. The first-order chi connectivity index (χ1) is 15.6. The molecule has 0 aliphatic carbocycles. The topological polar surface area (TPSA) is 112 Å². The van der Waals surface area contributed by atoms with Gasteiger partial charge in [0.15, 0.2) is 0 Å². The summed E-state index contributed by atoms with van der Waals surface area (Å²) in [4.78, 5) is 20.5. The van der Waals surface area contributed by atoms with Gasteiger partial charge in [-0.15, -0.1) is 0 Å². The number of nitrogens with zero attached hydrogens (tertiary/aromatic N) is 2. The Morgan fingerprint density at radius 2 is 1.91 bits per heavy atom. The van der Waals surface area contributed by atoms with Crippen LogP contribution in [-0.4, -0.2) is 33.3 Å². The van der Waals surface area contributed by atoms with Crippen LogP contribution in [0, 0.1) is 5.82 Å². The Morgan fingerprint density at radius 1 is 1.06 bits per heavy atom. The molecule has 0 saturated carbocycles. The fourth-order valence-electron chi connectivity index (χ4n) is 5.00. The van der Waals surface area contributed by atoms with E-state index in [1.807, 2.05) is 12.1 Å². The van der Waals surface area contributed by atoms with Gasteiger partial charge in [0, 0.05) is 27.9 Å². The molecule has 8 heteroatoms. The highest BCUT2D eigenvalue weighted by molar-refractivity contribution is 6.15. The molecular weight excluding hydrogens is 407 g/mol. The maximum Gasteiger partial charge on any atom is 0.272 e. The van der Waals surface area contributed by atoms with E-state index >= 15 is 0 Å². The summed E-state index contributed by atoms with van der Waals surface area (Å²) < 4.78 is 14.3. The van der Waals surface area contributed by atoms with Crippen molar-refractivity contribution in [3.63, 3.8) is 0 Å². The Kier molecular flexibility index (Phi) is 4.22. The average molecular weight is 428 g/mol. The van der Waals surface area contributed by atoms with Crippen molar-refractivity contribution in [2.24, 2.45) is 0 Å². The van der Waals surface area contributed by atoms with Crippen LogP contribution in [-0.2, 0) is 0 Å². The standard InChI is InChI=1S/C24H21FN6O/c25-18-4-3-13(17-11-29-31-23(17)18)19-16-10-15(12-5-8-27-9-6-12)21-14(2-1-7-28-21)22(16)30-24(32)20(19)26/h1-4,7,10-12,27H,5-6,8-9,26H2,(H,29,31)(H,30,32). The molecule has 32 heavy (non-hydrogen) atoms. The first kappa shape index (κ1) is 18.9. The van der Waals surface area contributed by atoms with Crippen molar-refractivity contribution in [1.82, 2.24) is 25.5 Å². The molecule has 1 saturated heterocycles. The third-order valence-electron chi connectivity index (χ3n) is 6.55. The first-order valence-electron chi connectivity index (χ1n) is 10.7. The molecule has 5 N–H and O–H groups in total. The number of nitrogens with two attached hydrogens (primary N) is 1. The molecule has 6 rings (SSSR count). The van der Waals surface area contributed by atoms with Gasteiger partial charge in [0.1, 0.15) is 17.0 Å². The van der Waals surface area contributed by atoms with Crippen molar-refractivity contribution in [1.29, 1.82) is 0 Å². The Labute approximate surface area is 181 Å². The number of aromatic amines is 2. The van der Waals surface area contributed by atoms with E-state index in [0.29, 0.717) is 27.9 Å². The van der Waals surface area contributed by atoms with Crippen molar-refractivity contribution >= 4 is 38.4 Å².